The van der Waals surface area contributed by atoms with Crippen molar-refractivity contribution < 1.29 is 23.2 Å². The third-order valence-corrected chi connectivity index (χ3v) is 5.35. The highest BCUT2D eigenvalue weighted by molar-refractivity contribution is 5.76. The molecule has 2 aliphatic heterocycles. The van der Waals surface area contributed by atoms with Crippen molar-refractivity contribution in [2.75, 3.05) is 26.3 Å². The van der Waals surface area contributed by atoms with Crippen LogP contribution < -0.4 is 0 Å². The second-order valence-corrected chi connectivity index (χ2v) is 7.39. The Labute approximate surface area is 164 Å². The standard InChI is InChI=1S/C20H27N3O5/c24-19(7-6-18-21-20(22-28-18)17-5-3-13-26-17)23-10-8-15(9-11-23)27-14-16-4-1-2-12-25-16/h3,5,13,15-16H,1-2,4,6-12,14H2. The fraction of sp³-hybridized carbons (Fsp3) is 0.650. The lowest BCUT2D eigenvalue weighted by Gasteiger charge is -2.33. The summed E-state index contributed by atoms with van der Waals surface area (Å²) in [6.45, 7) is 2.99. The molecule has 4 heterocycles. The molecule has 28 heavy (non-hydrogen) atoms. The minimum absolute atomic E-state index is 0.117. The van der Waals surface area contributed by atoms with Crippen LogP contribution in [0, 0.1) is 0 Å². The summed E-state index contributed by atoms with van der Waals surface area (Å²) >= 11 is 0. The van der Waals surface area contributed by atoms with Gasteiger partial charge in [-0.1, -0.05) is 5.16 Å². The van der Waals surface area contributed by atoms with Crippen molar-refractivity contribution in [2.45, 2.75) is 57.2 Å². The van der Waals surface area contributed by atoms with Gasteiger partial charge in [0.2, 0.25) is 17.6 Å². The van der Waals surface area contributed by atoms with Crippen molar-refractivity contribution >= 4 is 5.91 Å². The Morgan fingerprint density at radius 3 is 2.89 bits per heavy atom. The molecule has 2 aromatic heterocycles. The summed E-state index contributed by atoms with van der Waals surface area (Å²) in [6.07, 6.45) is 8.05. The fourth-order valence-corrected chi connectivity index (χ4v) is 3.69. The molecular formula is C20H27N3O5. The van der Waals surface area contributed by atoms with Crippen LogP contribution in [0.4, 0.5) is 0 Å². The maximum atomic E-state index is 12.5. The maximum Gasteiger partial charge on any atom is 0.238 e. The topological polar surface area (TPSA) is 90.8 Å². The van der Waals surface area contributed by atoms with Crippen molar-refractivity contribution in [3.63, 3.8) is 0 Å². The third-order valence-electron chi connectivity index (χ3n) is 5.35. The smallest absolute Gasteiger partial charge is 0.238 e. The molecule has 4 rings (SSSR count). The molecule has 0 bridgehead atoms. The van der Waals surface area contributed by atoms with Crippen LogP contribution in [0.1, 0.15) is 44.4 Å². The van der Waals surface area contributed by atoms with Gasteiger partial charge in [0.15, 0.2) is 5.76 Å². The molecule has 2 aliphatic rings. The molecule has 1 amide bonds. The SMILES string of the molecule is O=C(CCc1nc(-c2ccco2)no1)N1CCC(OCC2CCCCO2)CC1. The van der Waals surface area contributed by atoms with Gasteiger partial charge in [0.1, 0.15) is 0 Å². The highest BCUT2D eigenvalue weighted by atomic mass is 16.5. The first-order valence-corrected chi connectivity index (χ1v) is 10.2. The number of hydrogen-bond acceptors (Lipinski definition) is 7. The monoisotopic (exact) mass is 389 g/mol. The summed E-state index contributed by atoms with van der Waals surface area (Å²) < 4.78 is 22.2. The lowest BCUT2D eigenvalue weighted by atomic mass is 10.1. The van der Waals surface area contributed by atoms with E-state index >= 15 is 0 Å². The van der Waals surface area contributed by atoms with E-state index in [2.05, 4.69) is 10.1 Å². The van der Waals surface area contributed by atoms with E-state index in [1.165, 1.54) is 6.42 Å². The van der Waals surface area contributed by atoms with Gasteiger partial charge in [-0.15, -0.1) is 0 Å². The first kappa shape index (κ1) is 19.1. The van der Waals surface area contributed by atoms with Gasteiger partial charge >= 0.3 is 0 Å². The van der Waals surface area contributed by atoms with Crippen LogP contribution in [-0.4, -0.2) is 59.5 Å². The van der Waals surface area contributed by atoms with Crippen LogP contribution in [0.2, 0.25) is 0 Å². The molecule has 2 fully saturated rings. The molecule has 8 nitrogen and oxygen atoms in total. The normalized spacial score (nSPS) is 21.1. The largest absolute Gasteiger partial charge is 0.461 e. The Morgan fingerprint density at radius 1 is 1.25 bits per heavy atom. The highest BCUT2D eigenvalue weighted by Crippen LogP contribution is 2.19. The lowest BCUT2D eigenvalue weighted by Crippen LogP contribution is -2.41. The molecule has 2 aromatic rings. The molecule has 0 aliphatic carbocycles. The van der Waals surface area contributed by atoms with Crippen LogP contribution >= 0.6 is 0 Å². The van der Waals surface area contributed by atoms with E-state index in [1.54, 1.807) is 18.4 Å². The molecule has 152 valence electrons. The molecule has 1 unspecified atom stereocenters. The van der Waals surface area contributed by atoms with Gasteiger partial charge in [-0.2, -0.15) is 4.98 Å². The van der Waals surface area contributed by atoms with Gasteiger partial charge in [0, 0.05) is 32.5 Å². The minimum Gasteiger partial charge on any atom is -0.461 e. The number of aryl methyl sites for hydroxylation is 1. The van der Waals surface area contributed by atoms with Crippen LogP contribution in [0.25, 0.3) is 11.6 Å². The van der Waals surface area contributed by atoms with Crippen molar-refractivity contribution in [2.24, 2.45) is 0 Å². The fourth-order valence-electron chi connectivity index (χ4n) is 3.69. The number of hydrogen-bond donors (Lipinski definition) is 0. The quantitative estimate of drug-likeness (QED) is 0.719. The summed E-state index contributed by atoms with van der Waals surface area (Å²) in [4.78, 5) is 18.7. The lowest BCUT2D eigenvalue weighted by molar-refractivity contribution is -0.134. The minimum atomic E-state index is 0.117. The highest BCUT2D eigenvalue weighted by Gasteiger charge is 2.25. The van der Waals surface area contributed by atoms with Crippen LogP contribution in [0.5, 0.6) is 0 Å². The van der Waals surface area contributed by atoms with E-state index < -0.39 is 0 Å². The second-order valence-electron chi connectivity index (χ2n) is 7.39. The van der Waals surface area contributed by atoms with Gasteiger partial charge in [-0.05, 0) is 44.2 Å². The maximum absolute atomic E-state index is 12.5. The Balaban J connectivity index is 1.16. The van der Waals surface area contributed by atoms with Crippen molar-refractivity contribution in [1.82, 2.24) is 15.0 Å². The second kappa shape index (κ2) is 9.34. The summed E-state index contributed by atoms with van der Waals surface area (Å²) in [5.74, 6) is 1.53. The number of carbonyl (C=O) groups is 1. The van der Waals surface area contributed by atoms with E-state index in [1.807, 2.05) is 4.90 Å². The zero-order valence-electron chi connectivity index (χ0n) is 16.0. The van der Waals surface area contributed by atoms with Crippen LogP contribution in [0.3, 0.4) is 0 Å². The molecular weight excluding hydrogens is 362 g/mol. The zero-order chi connectivity index (χ0) is 19.2. The Kier molecular flexibility index (Phi) is 6.38. The van der Waals surface area contributed by atoms with Crippen LogP contribution in [-0.2, 0) is 20.7 Å². The van der Waals surface area contributed by atoms with Gasteiger partial charge in [0.25, 0.3) is 0 Å². The first-order chi connectivity index (χ1) is 13.8. The van der Waals surface area contributed by atoms with Crippen molar-refractivity contribution in [3.05, 3.63) is 24.3 Å². The van der Waals surface area contributed by atoms with E-state index in [0.29, 0.717) is 36.9 Å². The first-order valence-electron chi connectivity index (χ1n) is 10.2. The number of carbonyl (C=O) groups excluding carboxylic acids is 1. The number of ether oxygens (including phenoxy) is 2. The van der Waals surface area contributed by atoms with Gasteiger partial charge in [0.05, 0.1) is 25.1 Å². The van der Waals surface area contributed by atoms with E-state index in [0.717, 1.165) is 45.4 Å². The van der Waals surface area contributed by atoms with E-state index in [9.17, 15) is 4.79 Å². The predicted octanol–water partition coefficient (Wildman–Crippen LogP) is 2.84. The van der Waals surface area contributed by atoms with Gasteiger partial charge in [-0.25, -0.2) is 0 Å². The Hall–Kier alpha value is -2.19. The average molecular weight is 389 g/mol. The van der Waals surface area contributed by atoms with Crippen LogP contribution in [0.15, 0.2) is 27.3 Å². The van der Waals surface area contributed by atoms with Crippen molar-refractivity contribution in [3.8, 4) is 11.6 Å². The summed E-state index contributed by atoms with van der Waals surface area (Å²) in [5, 5.41) is 3.89. The van der Waals surface area contributed by atoms with Gasteiger partial charge in [-0.3, -0.25) is 4.79 Å². The number of amides is 1. The zero-order valence-corrected chi connectivity index (χ0v) is 16.0. The number of piperidine rings is 1. The molecule has 0 N–H and O–H groups in total. The van der Waals surface area contributed by atoms with Crippen molar-refractivity contribution in [1.29, 1.82) is 0 Å². The summed E-state index contributed by atoms with van der Waals surface area (Å²) in [7, 11) is 0. The molecule has 8 heteroatoms. The predicted molar refractivity (Wildman–Crippen MR) is 99.5 cm³/mol. The molecule has 2 saturated heterocycles. The molecule has 0 saturated carbocycles. The molecule has 0 spiro atoms. The van der Waals surface area contributed by atoms with Gasteiger partial charge < -0.3 is 23.3 Å². The number of likely N-dealkylation sites (tertiary alicyclic amines) is 1. The third kappa shape index (κ3) is 4.99. The van der Waals surface area contributed by atoms with E-state index in [4.69, 9.17) is 18.4 Å². The molecule has 1 atom stereocenters. The Bertz CT molecular complexity index is 731. The molecule has 0 radical (unpaired) electrons. The number of nitrogens with zero attached hydrogens (tertiary/aromatic N) is 3. The number of aromatic nitrogens is 2. The summed E-state index contributed by atoms with van der Waals surface area (Å²) in [5.41, 5.74) is 0. The number of rotatable bonds is 7. The number of furan rings is 1. The Morgan fingerprint density at radius 2 is 2.14 bits per heavy atom. The molecule has 0 aromatic carbocycles. The van der Waals surface area contributed by atoms with E-state index in [-0.39, 0.29) is 18.1 Å². The average Bonchev–Trinajstić information content (AvgIpc) is 3.43. The summed E-state index contributed by atoms with van der Waals surface area (Å²) in [6, 6.07) is 3.54.